The highest BCUT2D eigenvalue weighted by molar-refractivity contribution is 6.34. The zero-order chi connectivity index (χ0) is 41.7. The molecule has 0 aliphatic carbocycles. The Morgan fingerprint density at radius 3 is 1.75 bits per heavy atom. The lowest BCUT2D eigenvalue weighted by atomic mass is 10.1. The van der Waals surface area contributed by atoms with E-state index in [1.165, 1.54) is 24.3 Å². The molecule has 300 valence electrons. The maximum absolute atomic E-state index is 14.5. The Balaban J connectivity index is 0.931. The van der Waals surface area contributed by atoms with Crippen molar-refractivity contribution in [3.8, 4) is 17.2 Å². The van der Waals surface area contributed by atoms with E-state index in [4.69, 9.17) is 53.8 Å². The number of hydrogen-bond acceptors (Lipinski definition) is 8. The quantitative estimate of drug-likeness (QED) is 0.0728. The van der Waals surface area contributed by atoms with Gasteiger partial charge in [0.25, 0.3) is 11.8 Å². The van der Waals surface area contributed by atoms with Gasteiger partial charge >= 0.3 is 11.9 Å². The Hall–Kier alpha value is -6.40. The van der Waals surface area contributed by atoms with E-state index in [2.05, 4.69) is 10.6 Å². The zero-order valence-corrected chi connectivity index (χ0v) is 33.3. The summed E-state index contributed by atoms with van der Waals surface area (Å²) in [5.41, 5.74) is 3.09. The molecule has 2 amide bonds. The molecule has 6 aromatic rings. The van der Waals surface area contributed by atoms with E-state index in [0.29, 0.717) is 32.7 Å². The van der Waals surface area contributed by atoms with Crippen molar-refractivity contribution in [2.24, 2.45) is 0 Å². The number of nitrogens with one attached hydrogen (secondary N) is 2. The summed E-state index contributed by atoms with van der Waals surface area (Å²) < 4.78 is 36.5. The van der Waals surface area contributed by atoms with Crippen LogP contribution in [0.1, 0.15) is 53.3 Å². The molecule has 6 aromatic carbocycles. The van der Waals surface area contributed by atoms with E-state index >= 15 is 0 Å². The van der Waals surface area contributed by atoms with Crippen LogP contribution in [-0.4, -0.2) is 30.4 Å². The normalized spacial score (nSPS) is 10.6. The molecular formula is C45H34Cl3FN2O8. The molecule has 14 heteroatoms. The van der Waals surface area contributed by atoms with Gasteiger partial charge in [0.2, 0.25) is 0 Å². The first-order chi connectivity index (χ1) is 28.5. The van der Waals surface area contributed by atoms with Gasteiger partial charge in [-0.2, -0.15) is 0 Å². The van der Waals surface area contributed by atoms with Crippen LogP contribution in [0.2, 0.25) is 15.1 Å². The van der Waals surface area contributed by atoms with Gasteiger partial charge in [0.05, 0.1) is 21.7 Å². The molecule has 0 bridgehead atoms. The predicted octanol–water partition coefficient (Wildman–Crippen LogP) is 9.57. The molecule has 0 aliphatic heterocycles. The fourth-order valence-electron chi connectivity index (χ4n) is 5.52. The van der Waals surface area contributed by atoms with E-state index in [9.17, 15) is 23.6 Å². The molecule has 0 saturated heterocycles. The van der Waals surface area contributed by atoms with Crippen LogP contribution in [0.3, 0.4) is 0 Å². The molecule has 0 atom stereocenters. The number of carbonyl (C=O) groups is 4. The second kappa shape index (κ2) is 20.3. The Morgan fingerprint density at radius 1 is 0.542 bits per heavy atom. The summed E-state index contributed by atoms with van der Waals surface area (Å²) in [7, 11) is 0. The molecule has 0 spiro atoms. The third-order valence-electron chi connectivity index (χ3n) is 8.50. The number of carbonyl (C=O) groups excluding carboxylic acids is 4. The van der Waals surface area contributed by atoms with Crippen LogP contribution in [0.25, 0.3) is 0 Å². The Labute approximate surface area is 353 Å². The first-order valence-electron chi connectivity index (χ1n) is 17.9. The minimum Gasteiger partial charge on any atom is -0.489 e. The Morgan fingerprint density at radius 2 is 1.10 bits per heavy atom. The van der Waals surface area contributed by atoms with Gasteiger partial charge in [-0.15, -0.1) is 0 Å². The molecule has 0 radical (unpaired) electrons. The van der Waals surface area contributed by atoms with Gasteiger partial charge < -0.3 is 29.6 Å². The number of ether oxygens (including phenoxy) is 4. The van der Waals surface area contributed by atoms with Crippen LogP contribution in [0.5, 0.6) is 17.2 Å². The minimum absolute atomic E-state index is 0.0394. The van der Waals surface area contributed by atoms with Crippen molar-refractivity contribution in [3.05, 3.63) is 193 Å². The average molecular weight is 856 g/mol. The highest BCUT2D eigenvalue weighted by Gasteiger charge is 2.16. The maximum atomic E-state index is 14.5. The van der Waals surface area contributed by atoms with E-state index < -0.39 is 36.2 Å². The SMILES string of the molecule is O=C(COC(=O)c1ccc(CNC(=O)c2cc(OCc3cccc(Cl)c3)ccc2F)cc1)Oc1cccc(CNC(=O)c2cc(OCc3cccc(Cl)c3)ccc2Cl)c1. The van der Waals surface area contributed by atoms with Gasteiger partial charge in [0.1, 0.15) is 36.3 Å². The van der Waals surface area contributed by atoms with E-state index in [1.54, 1.807) is 84.9 Å². The number of esters is 2. The lowest BCUT2D eigenvalue weighted by molar-refractivity contribution is -0.137. The van der Waals surface area contributed by atoms with Crippen molar-refractivity contribution in [2.45, 2.75) is 26.3 Å². The molecular weight excluding hydrogens is 822 g/mol. The van der Waals surface area contributed by atoms with Crippen molar-refractivity contribution in [2.75, 3.05) is 6.61 Å². The molecule has 0 unspecified atom stereocenters. The molecule has 10 nitrogen and oxygen atoms in total. The second-order valence-corrected chi connectivity index (χ2v) is 14.2. The summed E-state index contributed by atoms with van der Waals surface area (Å²) in [6.45, 7) is -0.112. The standard InChI is InChI=1S/C45H34Cl3FN2O8/c46-33-7-1-5-30(18-33)25-56-35-14-16-40(48)38(21-35)43(53)51-24-29-4-3-9-37(20-29)59-42(52)27-58-45(55)32-12-10-28(11-13-32)23-50-44(54)39-22-36(15-17-41(39)49)57-26-31-6-2-8-34(47)19-31/h1-22H,23-27H2,(H,50,54)(H,51,53). The van der Waals surface area contributed by atoms with Gasteiger partial charge in [-0.3, -0.25) is 9.59 Å². The Bertz CT molecular complexity index is 2480. The summed E-state index contributed by atoms with van der Waals surface area (Å²) in [5.74, 6) is -2.49. The number of hydrogen-bond donors (Lipinski definition) is 2. The smallest absolute Gasteiger partial charge is 0.349 e. The van der Waals surface area contributed by atoms with Crippen LogP contribution in [0.15, 0.2) is 133 Å². The van der Waals surface area contributed by atoms with Crippen molar-refractivity contribution in [3.63, 3.8) is 0 Å². The summed E-state index contributed by atoms with van der Waals surface area (Å²) in [6.07, 6.45) is 0. The molecule has 59 heavy (non-hydrogen) atoms. The number of halogens is 4. The number of amides is 2. The maximum Gasteiger partial charge on any atom is 0.349 e. The molecule has 0 aliphatic rings. The molecule has 2 N–H and O–H groups in total. The average Bonchev–Trinajstić information content (AvgIpc) is 3.23. The summed E-state index contributed by atoms with van der Waals surface area (Å²) >= 11 is 18.4. The summed E-state index contributed by atoms with van der Waals surface area (Å²) in [5, 5.41) is 6.83. The molecule has 0 fully saturated rings. The minimum atomic E-state index is -0.827. The van der Waals surface area contributed by atoms with Crippen LogP contribution in [0, 0.1) is 5.82 Å². The first-order valence-corrected chi connectivity index (χ1v) is 19.1. The van der Waals surface area contributed by atoms with Crippen molar-refractivity contribution < 1.29 is 42.5 Å². The van der Waals surface area contributed by atoms with Gasteiger partial charge in [0.15, 0.2) is 6.61 Å². The third kappa shape index (κ3) is 12.5. The largest absolute Gasteiger partial charge is 0.489 e. The van der Waals surface area contributed by atoms with E-state index in [-0.39, 0.29) is 53.8 Å². The number of rotatable bonds is 16. The third-order valence-corrected chi connectivity index (χ3v) is 9.30. The second-order valence-electron chi connectivity index (χ2n) is 12.9. The molecule has 0 aromatic heterocycles. The highest BCUT2D eigenvalue weighted by Crippen LogP contribution is 2.24. The van der Waals surface area contributed by atoms with Crippen molar-refractivity contribution in [1.82, 2.24) is 10.6 Å². The van der Waals surface area contributed by atoms with Crippen LogP contribution in [-0.2, 0) is 35.8 Å². The molecule has 0 heterocycles. The van der Waals surface area contributed by atoms with Gasteiger partial charge in [-0.05, 0) is 107 Å². The molecule has 6 rings (SSSR count). The Kier molecular flexibility index (Phi) is 14.6. The highest BCUT2D eigenvalue weighted by atomic mass is 35.5. The fraction of sp³-hybridized carbons (Fsp3) is 0.111. The van der Waals surface area contributed by atoms with E-state index in [1.807, 2.05) is 18.2 Å². The first kappa shape index (κ1) is 42.2. The van der Waals surface area contributed by atoms with Crippen molar-refractivity contribution in [1.29, 1.82) is 0 Å². The van der Waals surface area contributed by atoms with Gasteiger partial charge in [-0.1, -0.05) is 83.3 Å². The molecule has 0 saturated carbocycles. The topological polar surface area (TPSA) is 129 Å². The van der Waals surface area contributed by atoms with E-state index in [0.717, 1.165) is 17.2 Å². The monoisotopic (exact) mass is 854 g/mol. The van der Waals surface area contributed by atoms with Crippen LogP contribution >= 0.6 is 34.8 Å². The van der Waals surface area contributed by atoms with Gasteiger partial charge in [0, 0.05) is 23.1 Å². The summed E-state index contributed by atoms with van der Waals surface area (Å²) in [6, 6.07) is 35.6. The number of benzene rings is 6. The lowest BCUT2D eigenvalue weighted by Crippen LogP contribution is -2.24. The van der Waals surface area contributed by atoms with Crippen LogP contribution < -0.4 is 24.8 Å². The zero-order valence-electron chi connectivity index (χ0n) is 31.0. The predicted molar refractivity (Wildman–Crippen MR) is 221 cm³/mol. The van der Waals surface area contributed by atoms with Gasteiger partial charge in [-0.25, -0.2) is 14.0 Å². The van der Waals surface area contributed by atoms with Crippen molar-refractivity contribution >= 4 is 58.6 Å². The van der Waals surface area contributed by atoms with Crippen LogP contribution in [0.4, 0.5) is 4.39 Å². The fourth-order valence-corrected chi connectivity index (χ4v) is 6.15. The lowest BCUT2D eigenvalue weighted by Gasteiger charge is -2.11. The summed E-state index contributed by atoms with van der Waals surface area (Å²) in [4.78, 5) is 51.0.